The van der Waals surface area contributed by atoms with Crippen LogP contribution in [0.15, 0.2) is 30.5 Å². The topological polar surface area (TPSA) is 102 Å². The Morgan fingerprint density at radius 3 is 2.81 bits per heavy atom. The van der Waals surface area contributed by atoms with E-state index < -0.39 is 14.8 Å². The normalized spacial score (nSPS) is 20.5. The minimum atomic E-state index is -2.98. The highest BCUT2D eigenvalue weighted by atomic mass is 32.2. The van der Waals surface area contributed by atoms with Gasteiger partial charge in [0.25, 0.3) is 5.69 Å². The zero-order chi connectivity index (χ0) is 15.0. The van der Waals surface area contributed by atoms with Crippen LogP contribution in [0.25, 0.3) is 10.9 Å². The molecule has 0 amide bonds. The lowest BCUT2D eigenvalue weighted by Crippen LogP contribution is -2.20. The first-order chi connectivity index (χ1) is 9.96. The summed E-state index contributed by atoms with van der Waals surface area (Å²) < 4.78 is 23.0. The van der Waals surface area contributed by atoms with Gasteiger partial charge in [-0.3, -0.25) is 15.1 Å². The van der Waals surface area contributed by atoms with E-state index in [1.165, 1.54) is 6.07 Å². The van der Waals surface area contributed by atoms with E-state index in [1.54, 1.807) is 24.4 Å². The van der Waals surface area contributed by atoms with Gasteiger partial charge in [0.1, 0.15) is 5.52 Å². The van der Waals surface area contributed by atoms with Crippen LogP contribution in [0.2, 0.25) is 0 Å². The SMILES string of the molecule is O=[N+]([O-])c1ccc(NC2CCS(=O)(=O)C2)c2ncccc12. The van der Waals surface area contributed by atoms with Crippen LogP contribution < -0.4 is 5.32 Å². The zero-order valence-electron chi connectivity index (χ0n) is 11.0. The molecular weight excluding hydrogens is 294 g/mol. The third kappa shape index (κ3) is 2.66. The summed E-state index contributed by atoms with van der Waals surface area (Å²) in [6.07, 6.45) is 2.09. The summed E-state index contributed by atoms with van der Waals surface area (Å²) in [7, 11) is -2.98. The smallest absolute Gasteiger partial charge is 0.278 e. The van der Waals surface area contributed by atoms with Crippen LogP contribution in [0.3, 0.4) is 0 Å². The third-order valence-corrected chi connectivity index (χ3v) is 5.30. The van der Waals surface area contributed by atoms with Crippen molar-refractivity contribution in [2.24, 2.45) is 0 Å². The third-order valence-electron chi connectivity index (χ3n) is 3.54. The number of fused-ring (bicyclic) bond motifs is 1. The van der Waals surface area contributed by atoms with Gasteiger partial charge in [-0.05, 0) is 24.6 Å². The molecule has 1 aromatic carbocycles. The molecular formula is C13H13N3O4S. The molecule has 1 N–H and O–H groups in total. The molecule has 3 rings (SSSR count). The van der Waals surface area contributed by atoms with E-state index in [-0.39, 0.29) is 23.2 Å². The van der Waals surface area contributed by atoms with Crippen molar-refractivity contribution < 1.29 is 13.3 Å². The van der Waals surface area contributed by atoms with Crippen LogP contribution in [-0.2, 0) is 9.84 Å². The highest BCUT2D eigenvalue weighted by Gasteiger charge is 2.28. The van der Waals surface area contributed by atoms with E-state index in [0.29, 0.717) is 23.0 Å². The fraction of sp³-hybridized carbons (Fsp3) is 0.308. The van der Waals surface area contributed by atoms with E-state index in [4.69, 9.17) is 0 Å². The summed E-state index contributed by atoms with van der Waals surface area (Å²) in [4.78, 5) is 14.8. The molecule has 0 spiro atoms. The van der Waals surface area contributed by atoms with Crippen LogP contribution in [0, 0.1) is 10.1 Å². The van der Waals surface area contributed by atoms with Crippen molar-refractivity contribution in [2.45, 2.75) is 12.5 Å². The van der Waals surface area contributed by atoms with E-state index in [2.05, 4.69) is 10.3 Å². The first kappa shape index (κ1) is 13.7. The fourth-order valence-corrected chi connectivity index (χ4v) is 4.24. The Labute approximate surface area is 121 Å². The predicted molar refractivity (Wildman–Crippen MR) is 79.1 cm³/mol. The average Bonchev–Trinajstić information content (AvgIpc) is 2.78. The van der Waals surface area contributed by atoms with Crippen LogP contribution >= 0.6 is 0 Å². The van der Waals surface area contributed by atoms with E-state index in [1.807, 2.05) is 0 Å². The number of nitrogens with one attached hydrogen (secondary N) is 1. The van der Waals surface area contributed by atoms with Gasteiger partial charge in [0, 0.05) is 18.3 Å². The lowest BCUT2D eigenvalue weighted by molar-refractivity contribution is -0.383. The number of hydrogen-bond acceptors (Lipinski definition) is 6. The monoisotopic (exact) mass is 307 g/mol. The molecule has 0 radical (unpaired) electrons. The number of nitro groups is 1. The van der Waals surface area contributed by atoms with Crippen molar-refractivity contribution >= 4 is 32.1 Å². The minimum Gasteiger partial charge on any atom is -0.379 e. The van der Waals surface area contributed by atoms with Crippen LogP contribution in [0.5, 0.6) is 0 Å². The Hall–Kier alpha value is -2.22. The molecule has 1 atom stereocenters. The molecule has 1 aromatic heterocycles. The number of benzene rings is 1. The number of sulfone groups is 1. The number of aromatic nitrogens is 1. The molecule has 1 unspecified atom stereocenters. The Morgan fingerprint density at radius 1 is 1.33 bits per heavy atom. The van der Waals surface area contributed by atoms with Gasteiger partial charge < -0.3 is 5.32 Å². The van der Waals surface area contributed by atoms with Crippen molar-refractivity contribution in [3.05, 3.63) is 40.6 Å². The van der Waals surface area contributed by atoms with Gasteiger partial charge in [0.2, 0.25) is 0 Å². The van der Waals surface area contributed by atoms with Gasteiger partial charge in [-0.25, -0.2) is 8.42 Å². The summed E-state index contributed by atoms with van der Waals surface area (Å²) in [5.74, 6) is 0.251. The number of nitro benzene ring substituents is 1. The van der Waals surface area contributed by atoms with Crippen LogP contribution in [0.4, 0.5) is 11.4 Å². The largest absolute Gasteiger partial charge is 0.379 e. The number of hydrogen-bond donors (Lipinski definition) is 1. The number of anilines is 1. The van der Waals surface area contributed by atoms with Crippen molar-refractivity contribution in [1.29, 1.82) is 0 Å². The molecule has 21 heavy (non-hydrogen) atoms. The predicted octanol–water partition coefficient (Wildman–Crippen LogP) is 1.74. The molecule has 2 aromatic rings. The van der Waals surface area contributed by atoms with Gasteiger partial charge in [0.15, 0.2) is 9.84 Å². The molecule has 1 fully saturated rings. The average molecular weight is 307 g/mol. The van der Waals surface area contributed by atoms with Crippen molar-refractivity contribution in [2.75, 3.05) is 16.8 Å². The second-order valence-corrected chi connectivity index (χ2v) is 7.26. The van der Waals surface area contributed by atoms with Crippen molar-refractivity contribution in [1.82, 2.24) is 4.98 Å². The Morgan fingerprint density at radius 2 is 2.14 bits per heavy atom. The summed E-state index contributed by atoms with van der Waals surface area (Å²) in [6, 6.07) is 6.09. The number of non-ortho nitro benzene ring substituents is 1. The maximum absolute atomic E-state index is 11.5. The molecule has 7 nitrogen and oxygen atoms in total. The van der Waals surface area contributed by atoms with Gasteiger partial charge in [0.05, 0.1) is 27.5 Å². The van der Waals surface area contributed by atoms with Crippen LogP contribution in [-0.4, -0.2) is 35.9 Å². The maximum atomic E-state index is 11.5. The zero-order valence-corrected chi connectivity index (χ0v) is 11.8. The van der Waals surface area contributed by atoms with Gasteiger partial charge in [-0.2, -0.15) is 0 Å². The number of rotatable bonds is 3. The summed E-state index contributed by atoms with van der Waals surface area (Å²) in [6.45, 7) is 0. The summed E-state index contributed by atoms with van der Waals surface area (Å²) in [5.41, 5.74) is 1.09. The molecule has 8 heteroatoms. The quantitative estimate of drug-likeness (QED) is 0.684. The number of nitrogens with zero attached hydrogens (tertiary/aromatic N) is 2. The lowest BCUT2D eigenvalue weighted by Gasteiger charge is -2.14. The molecule has 110 valence electrons. The van der Waals surface area contributed by atoms with Gasteiger partial charge in [-0.1, -0.05) is 0 Å². The first-order valence-corrected chi connectivity index (χ1v) is 8.27. The first-order valence-electron chi connectivity index (χ1n) is 6.45. The Kier molecular flexibility index (Phi) is 3.25. The summed E-state index contributed by atoms with van der Waals surface area (Å²) in [5, 5.41) is 14.6. The second-order valence-electron chi connectivity index (χ2n) is 5.03. The van der Waals surface area contributed by atoms with E-state index in [9.17, 15) is 18.5 Å². The molecule has 1 saturated heterocycles. The van der Waals surface area contributed by atoms with E-state index >= 15 is 0 Å². The molecule has 0 aliphatic carbocycles. The molecule has 0 saturated carbocycles. The second kappa shape index (κ2) is 4.96. The highest BCUT2D eigenvalue weighted by Crippen LogP contribution is 2.31. The standard InChI is InChI=1S/C13H13N3O4S/c17-16(18)12-4-3-11(13-10(12)2-1-6-14-13)15-9-5-7-21(19,20)8-9/h1-4,6,9,15H,5,7-8H2. The number of pyridine rings is 1. The van der Waals surface area contributed by atoms with Crippen molar-refractivity contribution in [3.8, 4) is 0 Å². The minimum absolute atomic E-state index is 0.0114. The molecule has 1 aliphatic rings. The Bertz CT molecular complexity index is 819. The fourth-order valence-electron chi connectivity index (χ4n) is 2.56. The maximum Gasteiger partial charge on any atom is 0.278 e. The highest BCUT2D eigenvalue weighted by molar-refractivity contribution is 7.91. The van der Waals surface area contributed by atoms with Gasteiger partial charge in [-0.15, -0.1) is 0 Å². The lowest BCUT2D eigenvalue weighted by atomic mass is 10.1. The molecule has 2 heterocycles. The van der Waals surface area contributed by atoms with Crippen molar-refractivity contribution in [3.63, 3.8) is 0 Å². The molecule has 1 aliphatic heterocycles. The van der Waals surface area contributed by atoms with Crippen LogP contribution in [0.1, 0.15) is 6.42 Å². The van der Waals surface area contributed by atoms with E-state index in [0.717, 1.165) is 0 Å². The summed E-state index contributed by atoms with van der Waals surface area (Å²) >= 11 is 0. The Balaban J connectivity index is 2.01. The molecule has 0 bridgehead atoms. The van der Waals surface area contributed by atoms with Gasteiger partial charge >= 0.3 is 0 Å².